The van der Waals surface area contributed by atoms with Crippen molar-refractivity contribution in [2.75, 3.05) is 0 Å². The summed E-state index contributed by atoms with van der Waals surface area (Å²) < 4.78 is 0. The minimum atomic E-state index is 0.946. The highest BCUT2D eigenvalue weighted by Gasteiger charge is 1.94. The summed E-state index contributed by atoms with van der Waals surface area (Å²) in [5.74, 6) is 0. The Morgan fingerprint density at radius 1 is 1.31 bits per heavy atom. The van der Waals surface area contributed by atoms with E-state index in [0.29, 0.717) is 0 Å². The Hall–Kier alpha value is -1.70. The SMILES string of the molecule is C1=CCC(N=Cc2ccncc2)=C1. The Kier molecular flexibility index (Phi) is 2.32. The first-order chi connectivity index (χ1) is 6.45. The van der Waals surface area contributed by atoms with Crippen LogP contribution in [0.2, 0.25) is 0 Å². The minimum Gasteiger partial charge on any atom is -0.265 e. The molecule has 0 fully saturated rings. The Morgan fingerprint density at radius 2 is 2.15 bits per heavy atom. The van der Waals surface area contributed by atoms with Crippen molar-refractivity contribution >= 4 is 6.21 Å². The highest BCUT2D eigenvalue weighted by molar-refractivity contribution is 5.80. The zero-order valence-corrected chi connectivity index (χ0v) is 7.22. The van der Waals surface area contributed by atoms with Crippen LogP contribution in [0.25, 0.3) is 0 Å². The summed E-state index contributed by atoms with van der Waals surface area (Å²) in [7, 11) is 0. The third kappa shape index (κ3) is 2.12. The van der Waals surface area contributed by atoms with Crippen LogP contribution in [0.1, 0.15) is 12.0 Å². The number of nitrogens with zero attached hydrogens (tertiary/aromatic N) is 2. The maximum absolute atomic E-state index is 4.34. The average Bonchev–Trinajstić information content (AvgIpc) is 2.69. The van der Waals surface area contributed by atoms with E-state index in [1.165, 1.54) is 0 Å². The van der Waals surface area contributed by atoms with Crippen LogP contribution in [0.3, 0.4) is 0 Å². The molecule has 64 valence electrons. The van der Waals surface area contributed by atoms with E-state index in [2.05, 4.69) is 16.1 Å². The van der Waals surface area contributed by atoms with Gasteiger partial charge in [-0.3, -0.25) is 9.98 Å². The molecule has 0 spiro atoms. The van der Waals surface area contributed by atoms with Gasteiger partial charge < -0.3 is 0 Å². The molecule has 0 radical (unpaired) electrons. The molecule has 0 aliphatic heterocycles. The highest BCUT2D eigenvalue weighted by atomic mass is 14.7. The summed E-state index contributed by atoms with van der Waals surface area (Å²) in [4.78, 5) is 8.28. The first-order valence-corrected chi connectivity index (χ1v) is 4.25. The fourth-order valence-electron chi connectivity index (χ4n) is 1.14. The van der Waals surface area contributed by atoms with Crippen LogP contribution in [-0.2, 0) is 0 Å². The molecule has 0 atom stereocenters. The van der Waals surface area contributed by atoms with Gasteiger partial charge >= 0.3 is 0 Å². The van der Waals surface area contributed by atoms with Crippen molar-refractivity contribution in [3.8, 4) is 0 Å². The summed E-state index contributed by atoms with van der Waals surface area (Å²) in [5, 5.41) is 0. The van der Waals surface area contributed by atoms with Gasteiger partial charge in [-0.15, -0.1) is 0 Å². The molecule has 1 heterocycles. The summed E-state index contributed by atoms with van der Waals surface area (Å²) in [6.07, 6.45) is 12.5. The molecule has 0 bridgehead atoms. The second-order valence-electron chi connectivity index (χ2n) is 2.83. The topological polar surface area (TPSA) is 25.2 Å². The predicted molar refractivity (Wildman–Crippen MR) is 53.7 cm³/mol. The zero-order chi connectivity index (χ0) is 8.93. The van der Waals surface area contributed by atoms with Gasteiger partial charge in [0.15, 0.2) is 0 Å². The number of hydrogen-bond acceptors (Lipinski definition) is 2. The fourth-order valence-corrected chi connectivity index (χ4v) is 1.14. The lowest BCUT2D eigenvalue weighted by atomic mass is 10.3. The van der Waals surface area contributed by atoms with Crippen molar-refractivity contribution in [2.45, 2.75) is 6.42 Å². The second-order valence-corrected chi connectivity index (χ2v) is 2.83. The third-order valence-electron chi connectivity index (χ3n) is 1.84. The number of aliphatic imine (C=N–C) groups is 1. The van der Waals surface area contributed by atoms with Crippen LogP contribution in [0.4, 0.5) is 0 Å². The Morgan fingerprint density at radius 3 is 2.85 bits per heavy atom. The third-order valence-corrected chi connectivity index (χ3v) is 1.84. The van der Waals surface area contributed by atoms with Crippen LogP contribution in [0.5, 0.6) is 0 Å². The summed E-state index contributed by atoms with van der Waals surface area (Å²) in [6.45, 7) is 0. The van der Waals surface area contributed by atoms with Gasteiger partial charge in [-0.05, 0) is 23.8 Å². The van der Waals surface area contributed by atoms with E-state index in [9.17, 15) is 0 Å². The van der Waals surface area contributed by atoms with Crippen molar-refractivity contribution in [1.29, 1.82) is 0 Å². The quantitative estimate of drug-likeness (QED) is 0.625. The van der Waals surface area contributed by atoms with Crippen molar-refractivity contribution in [1.82, 2.24) is 4.98 Å². The number of hydrogen-bond donors (Lipinski definition) is 0. The number of rotatable bonds is 2. The van der Waals surface area contributed by atoms with Crippen molar-refractivity contribution < 1.29 is 0 Å². The second kappa shape index (κ2) is 3.81. The fraction of sp³-hybridized carbons (Fsp3) is 0.0909. The molecule has 2 nitrogen and oxygen atoms in total. The van der Waals surface area contributed by atoms with Gasteiger partial charge in [0.05, 0.1) is 0 Å². The first-order valence-electron chi connectivity index (χ1n) is 4.25. The summed E-state index contributed by atoms with van der Waals surface area (Å²) in [6, 6.07) is 3.87. The Labute approximate surface area is 77.4 Å². The van der Waals surface area contributed by atoms with Gasteiger partial charge in [-0.25, -0.2) is 0 Å². The molecule has 0 amide bonds. The molecule has 0 aromatic carbocycles. The zero-order valence-electron chi connectivity index (χ0n) is 7.22. The minimum absolute atomic E-state index is 0.946. The van der Waals surface area contributed by atoms with Crippen LogP contribution < -0.4 is 0 Å². The normalized spacial score (nSPS) is 15.2. The van der Waals surface area contributed by atoms with Crippen molar-refractivity contribution in [2.24, 2.45) is 4.99 Å². The average molecular weight is 170 g/mol. The monoisotopic (exact) mass is 170 g/mol. The van der Waals surface area contributed by atoms with E-state index in [4.69, 9.17) is 0 Å². The molecule has 2 rings (SSSR count). The van der Waals surface area contributed by atoms with Gasteiger partial charge in [-0.2, -0.15) is 0 Å². The molecule has 0 unspecified atom stereocenters. The summed E-state index contributed by atoms with van der Waals surface area (Å²) in [5.41, 5.74) is 2.19. The van der Waals surface area contributed by atoms with Crippen molar-refractivity contribution in [3.05, 3.63) is 54.0 Å². The largest absolute Gasteiger partial charge is 0.265 e. The van der Waals surface area contributed by atoms with E-state index in [1.54, 1.807) is 12.4 Å². The van der Waals surface area contributed by atoms with Gasteiger partial charge in [0.1, 0.15) is 0 Å². The molecule has 2 heteroatoms. The number of pyridine rings is 1. The van der Waals surface area contributed by atoms with Gasteiger partial charge in [0.25, 0.3) is 0 Å². The van der Waals surface area contributed by atoms with E-state index in [1.807, 2.05) is 30.5 Å². The lowest BCUT2D eigenvalue weighted by Crippen LogP contribution is -1.81. The molecule has 1 aliphatic rings. The molecule has 1 aliphatic carbocycles. The maximum atomic E-state index is 4.34. The number of aromatic nitrogens is 1. The molecule has 0 N–H and O–H groups in total. The van der Waals surface area contributed by atoms with E-state index in [0.717, 1.165) is 17.7 Å². The van der Waals surface area contributed by atoms with Gasteiger partial charge in [0, 0.05) is 30.7 Å². The molecule has 0 saturated heterocycles. The molecule has 1 aromatic rings. The standard InChI is InChI=1S/C11H10N2/c1-2-4-11(3-1)13-9-10-5-7-12-8-6-10/h1-3,5-9H,4H2. The van der Waals surface area contributed by atoms with Crippen LogP contribution in [0, 0.1) is 0 Å². The lowest BCUT2D eigenvalue weighted by Gasteiger charge is -1.91. The van der Waals surface area contributed by atoms with Crippen LogP contribution in [0.15, 0.2) is 53.4 Å². The number of allylic oxidation sites excluding steroid dienone is 3. The van der Waals surface area contributed by atoms with Crippen LogP contribution >= 0.6 is 0 Å². The molecule has 13 heavy (non-hydrogen) atoms. The van der Waals surface area contributed by atoms with Gasteiger partial charge in [0.2, 0.25) is 0 Å². The molecule has 0 saturated carbocycles. The highest BCUT2D eigenvalue weighted by Crippen LogP contribution is 2.10. The molecule has 1 aromatic heterocycles. The lowest BCUT2D eigenvalue weighted by molar-refractivity contribution is 1.20. The molecular weight excluding hydrogens is 160 g/mol. The first kappa shape index (κ1) is 7.92. The van der Waals surface area contributed by atoms with Crippen LogP contribution in [-0.4, -0.2) is 11.2 Å². The Balaban J connectivity index is 2.06. The van der Waals surface area contributed by atoms with Crippen molar-refractivity contribution in [3.63, 3.8) is 0 Å². The summed E-state index contributed by atoms with van der Waals surface area (Å²) >= 11 is 0. The van der Waals surface area contributed by atoms with E-state index < -0.39 is 0 Å². The van der Waals surface area contributed by atoms with E-state index >= 15 is 0 Å². The Bertz CT molecular complexity index is 361. The predicted octanol–water partition coefficient (Wildman–Crippen LogP) is 2.34. The van der Waals surface area contributed by atoms with E-state index in [-0.39, 0.29) is 0 Å². The molecular formula is C11H10N2. The smallest absolute Gasteiger partial charge is 0.0441 e. The van der Waals surface area contributed by atoms with Gasteiger partial charge in [-0.1, -0.05) is 12.2 Å². The maximum Gasteiger partial charge on any atom is 0.0441 e.